The van der Waals surface area contributed by atoms with Gasteiger partial charge in [0.25, 0.3) is 0 Å². The molecule has 6 nitrogen and oxygen atoms in total. The van der Waals surface area contributed by atoms with E-state index in [1.807, 2.05) is 34.9 Å². The van der Waals surface area contributed by atoms with Gasteiger partial charge in [0.05, 0.1) is 43.0 Å². The molecule has 0 radical (unpaired) electrons. The first-order chi connectivity index (χ1) is 13.8. The smallest absolute Gasteiger partial charge is 0.204 e. The number of nitrogens with one attached hydrogen (secondary N) is 1. The minimum Gasteiger partial charge on any atom is -0.395 e. The monoisotopic (exact) mass is 381 g/mol. The van der Waals surface area contributed by atoms with Gasteiger partial charge in [-0.15, -0.1) is 0 Å². The molecule has 3 N–H and O–H groups in total. The van der Waals surface area contributed by atoms with E-state index < -0.39 is 6.10 Å². The molecule has 148 valence electrons. The molecule has 4 rings (SSSR count). The molecule has 2 aromatic carbocycles. The third-order valence-electron chi connectivity index (χ3n) is 5.25. The Morgan fingerprint density at radius 1 is 1.18 bits per heavy atom. The van der Waals surface area contributed by atoms with Crippen molar-refractivity contribution >= 4 is 17.0 Å². The van der Waals surface area contributed by atoms with Crippen molar-refractivity contribution in [3.05, 3.63) is 59.7 Å². The molecule has 0 fully saturated rings. The summed E-state index contributed by atoms with van der Waals surface area (Å²) in [6.07, 6.45) is 2.59. The largest absolute Gasteiger partial charge is 0.395 e. The van der Waals surface area contributed by atoms with E-state index in [-0.39, 0.29) is 19.3 Å². The normalized spacial score (nSPS) is 17.4. The SMILES string of the molecule is OCCNc1nc2ccccc2n1C[C@@H](O)CO[C@H]1CCCc2ccccc21. The number of anilines is 1. The molecule has 0 bridgehead atoms. The summed E-state index contributed by atoms with van der Waals surface area (Å²) in [6, 6.07) is 16.2. The number of rotatable bonds is 8. The lowest BCUT2D eigenvalue weighted by molar-refractivity contribution is -0.0220. The van der Waals surface area contributed by atoms with Gasteiger partial charge in [0, 0.05) is 6.54 Å². The third kappa shape index (κ3) is 4.04. The van der Waals surface area contributed by atoms with Crippen LogP contribution in [0.25, 0.3) is 11.0 Å². The van der Waals surface area contributed by atoms with Crippen molar-refractivity contribution < 1.29 is 14.9 Å². The summed E-state index contributed by atoms with van der Waals surface area (Å²) in [6.45, 7) is 1.08. The first-order valence-corrected chi connectivity index (χ1v) is 9.93. The number of hydrogen-bond acceptors (Lipinski definition) is 5. The van der Waals surface area contributed by atoms with Crippen LogP contribution in [0.1, 0.15) is 30.1 Å². The Morgan fingerprint density at radius 2 is 2.00 bits per heavy atom. The molecular weight excluding hydrogens is 354 g/mol. The Hall–Kier alpha value is -2.41. The van der Waals surface area contributed by atoms with Crippen LogP contribution in [0, 0.1) is 0 Å². The molecule has 6 heteroatoms. The molecule has 28 heavy (non-hydrogen) atoms. The summed E-state index contributed by atoms with van der Waals surface area (Å²) in [5, 5.41) is 22.9. The highest BCUT2D eigenvalue weighted by Gasteiger charge is 2.22. The lowest BCUT2D eigenvalue weighted by Crippen LogP contribution is -2.25. The van der Waals surface area contributed by atoms with Gasteiger partial charge in [-0.2, -0.15) is 0 Å². The van der Waals surface area contributed by atoms with E-state index in [2.05, 4.69) is 28.5 Å². The van der Waals surface area contributed by atoms with Crippen molar-refractivity contribution in [2.75, 3.05) is 25.1 Å². The van der Waals surface area contributed by atoms with Crippen molar-refractivity contribution in [1.82, 2.24) is 9.55 Å². The zero-order valence-electron chi connectivity index (χ0n) is 15.9. The van der Waals surface area contributed by atoms with E-state index in [0.29, 0.717) is 19.0 Å². The van der Waals surface area contributed by atoms with Crippen LogP contribution >= 0.6 is 0 Å². The number of imidazole rings is 1. The molecule has 1 aliphatic rings. The Morgan fingerprint density at radius 3 is 2.89 bits per heavy atom. The number of ether oxygens (including phenoxy) is 1. The second-order valence-corrected chi connectivity index (χ2v) is 7.25. The van der Waals surface area contributed by atoms with Crippen LogP contribution in [-0.2, 0) is 17.7 Å². The van der Waals surface area contributed by atoms with Gasteiger partial charge in [-0.3, -0.25) is 0 Å². The van der Waals surface area contributed by atoms with E-state index >= 15 is 0 Å². The number of para-hydroxylation sites is 2. The summed E-state index contributed by atoms with van der Waals surface area (Å²) >= 11 is 0. The molecule has 1 aliphatic carbocycles. The maximum atomic E-state index is 10.7. The predicted molar refractivity (Wildman–Crippen MR) is 109 cm³/mol. The Balaban J connectivity index is 1.45. The molecule has 0 saturated carbocycles. The molecule has 0 spiro atoms. The zero-order valence-corrected chi connectivity index (χ0v) is 15.9. The number of benzene rings is 2. The van der Waals surface area contributed by atoms with Gasteiger partial charge in [0.15, 0.2) is 0 Å². The molecule has 2 atom stereocenters. The van der Waals surface area contributed by atoms with Gasteiger partial charge in [-0.25, -0.2) is 4.98 Å². The number of hydrogen-bond donors (Lipinski definition) is 3. The van der Waals surface area contributed by atoms with Crippen LogP contribution in [0.4, 0.5) is 5.95 Å². The molecule has 0 unspecified atom stereocenters. The van der Waals surface area contributed by atoms with Gasteiger partial charge < -0.3 is 24.8 Å². The van der Waals surface area contributed by atoms with Gasteiger partial charge in [0.1, 0.15) is 0 Å². The van der Waals surface area contributed by atoms with Crippen LogP contribution in [0.15, 0.2) is 48.5 Å². The van der Waals surface area contributed by atoms with Gasteiger partial charge in [0.2, 0.25) is 5.95 Å². The number of aliphatic hydroxyl groups excluding tert-OH is 2. The molecule has 0 saturated heterocycles. The first kappa shape index (κ1) is 18.9. The van der Waals surface area contributed by atoms with Gasteiger partial charge in [-0.05, 0) is 42.5 Å². The number of aliphatic hydroxyl groups is 2. The quantitative estimate of drug-likeness (QED) is 0.559. The maximum Gasteiger partial charge on any atom is 0.204 e. The highest BCUT2D eigenvalue weighted by molar-refractivity contribution is 5.78. The summed E-state index contributed by atoms with van der Waals surface area (Å²) in [5.74, 6) is 0.650. The molecule has 1 heterocycles. The highest BCUT2D eigenvalue weighted by Crippen LogP contribution is 2.32. The fourth-order valence-corrected chi connectivity index (χ4v) is 3.94. The van der Waals surface area contributed by atoms with Crippen molar-refractivity contribution in [1.29, 1.82) is 0 Å². The van der Waals surface area contributed by atoms with Crippen LogP contribution < -0.4 is 5.32 Å². The molecular formula is C22H27N3O3. The van der Waals surface area contributed by atoms with Crippen LogP contribution in [0.3, 0.4) is 0 Å². The standard InChI is InChI=1S/C22H27N3O3/c26-13-12-23-22-24-19-9-3-4-10-20(19)25(22)14-17(27)15-28-21-11-5-7-16-6-1-2-8-18(16)21/h1-4,6,8-10,17,21,26-27H,5,7,11-15H2,(H,23,24)/t17-,21+/m1/s1. The van der Waals surface area contributed by atoms with Crippen molar-refractivity contribution in [3.63, 3.8) is 0 Å². The Kier molecular flexibility index (Phi) is 5.90. The van der Waals surface area contributed by atoms with E-state index in [1.54, 1.807) is 0 Å². The number of aryl methyl sites for hydroxylation is 1. The minimum atomic E-state index is -0.652. The lowest BCUT2D eigenvalue weighted by atomic mass is 9.89. The summed E-state index contributed by atoms with van der Waals surface area (Å²) in [4.78, 5) is 4.57. The average Bonchev–Trinajstić information content (AvgIpc) is 3.08. The molecule has 3 aromatic rings. The van der Waals surface area contributed by atoms with E-state index in [9.17, 15) is 5.11 Å². The van der Waals surface area contributed by atoms with E-state index in [0.717, 1.165) is 30.3 Å². The zero-order chi connectivity index (χ0) is 19.3. The maximum absolute atomic E-state index is 10.7. The fourth-order valence-electron chi connectivity index (χ4n) is 3.94. The lowest BCUT2D eigenvalue weighted by Gasteiger charge is -2.26. The van der Waals surface area contributed by atoms with Crippen molar-refractivity contribution in [3.8, 4) is 0 Å². The van der Waals surface area contributed by atoms with Crippen molar-refractivity contribution in [2.24, 2.45) is 0 Å². The molecule has 0 aliphatic heterocycles. The highest BCUT2D eigenvalue weighted by atomic mass is 16.5. The second kappa shape index (κ2) is 8.73. The van der Waals surface area contributed by atoms with Crippen LogP contribution in [0.5, 0.6) is 0 Å². The summed E-state index contributed by atoms with van der Waals surface area (Å²) in [7, 11) is 0. The summed E-state index contributed by atoms with van der Waals surface area (Å²) < 4.78 is 8.06. The van der Waals surface area contributed by atoms with Crippen molar-refractivity contribution in [2.45, 2.75) is 38.0 Å². The van der Waals surface area contributed by atoms with Crippen LogP contribution in [-0.4, -0.2) is 45.6 Å². The topological polar surface area (TPSA) is 79.5 Å². The number of aromatic nitrogens is 2. The predicted octanol–water partition coefficient (Wildman–Crippen LogP) is 2.90. The number of nitrogens with zero attached hydrogens (tertiary/aromatic N) is 2. The molecule has 0 amide bonds. The average molecular weight is 381 g/mol. The molecule has 1 aromatic heterocycles. The van der Waals surface area contributed by atoms with Gasteiger partial charge in [-0.1, -0.05) is 36.4 Å². The third-order valence-corrected chi connectivity index (χ3v) is 5.25. The summed E-state index contributed by atoms with van der Waals surface area (Å²) in [5.41, 5.74) is 4.41. The Bertz CT molecular complexity index is 924. The number of fused-ring (bicyclic) bond motifs is 2. The fraction of sp³-hybridized carbons (Fsp3) is 0.409. The second-order valence-electron chi connectivity index (χ2n) is 7.25. The first-order valence-electron chi connectivity index (χ1n) is 9.93. The van der Waals surface area contributed by atoms with E-state index in [4.69, 9.17) is 9.84 Å². The van der Waals surface area contributed by atoms with E-state index in [1.165, 1.54) is 11.1 Å². The minimum absolute atomic E-state index is 0.0238. The Labute approximate surface area is 164 Å². The van der Waals surface area contributed by atoms with Gasteiger partial charge >= 0.3 is 0 Å². The van der Waals surface area contributed by atoms with Crippen LogP contribution in [0.2, 0.25) is 0 Å².